The number of hydrogen-bond donors (Lipinski definition) is 5. The van der Waals surface area contributed by atoms with Crippen molar-refractivity contribution < 1.29 is 47.9 Å². The average Bonchev–Trinajstić information content (AvgIpc) is 3.45. The molecular weight excluding hydrogens is 683 g/mol. The van der Waals surface area contributed by atoms with E-state index in [2.05, 4.69) is 26.6 Å². The maximum Gasteiger partial charge on any atom is 0.242 e. The van der Waals surface area contributed by atoms with Gasteiger partial charge in [0.2, 0.25) is 53.2 Å². The lowest BCUT2D eigenvalue weighted by molar-refractivity contribution is -0.140. The molecule has 2 saturated heterocycles. The summed E-state index contributed by atoms with van der Waals surface area (Å²) in [6, 6.07) is -0.951. The highest BCUT2D eigenvalue weighted by molar-refractivity contribution is 8.00. The van der Waals surface area contributed by atoms with E-state index in [0.29, 0.717) is 6.61 Å². The van der Waals surface area contributed by atoms with Gasteiger partial charge in [0, 0.05) is 70.7 Å². The van der Waals surface area contributed by atoms with Gasteiger partial charge in [-0.3, -0.25) is 53.0 Å². The molecule has 2 heterocycles. The Hall–Kier alpha value is -3.71. The van der Waals surface area contributed by atoms with Crippen molar-refractivity contribution in [1.82, 2.24) is 36.4 Å². The Labute approximate surface area is 293 Å². The van der Waals surface area contributed by atoms with Crippen molar-refractivity contribution in [1.29, 1.82) is 0 Å². The average molecular weight is 730 g/mol. The largest absolute Gasteiger partial charge is 0.381 e. The van der Waals surface area contributed by atoms with Gasteiger partial charge in [0.1, 0.15) is 0 Å². The summed E-state index contributed by atoms with van der Waals surface area (Å²) in [4.78, 5) is 114. The zero-order valence-electron chi connectivity index (χ0n) is 28.5. The molecule has 0 aromatic carbocycles. The van der Waals surface area contributed by atoms with Crippen molar-refractivity contribution in [2.45, 2.75) is 94.6 Å². The smallest absolute Gasteiger partial charge is 0.242 e. The molecule has 4 atom stereocenters. The van der Waals surface area contributed by atoms with Crippen LogP contribution in [-0.2, 0) is 47.9 Å². The third-order valence-corrected chi connectivity index (χ3v) is 9.39. The van der Waals surface area contributed by atoms with Crippen LogP contribution in [0.5, 0.6) is 0 Å². The topological polar surface area (TPSA) is 229 Å². The highest BCUT2D eigenvalue weighted by Crippen LogP contribution is 2.24. The summed E-state index contributed by atoms with van der Waals surface area (Å²) in [5.41, 5.74) is 0. The van der Waals surface area contributed by atoms with E-state index in [-0.39, 0.29) is 88.3 Å². The van der Waals surface area contributed by atoms with Crippen LogP contribution in [0.15, 0.2) is 0 Å². The molecule has 0 saturated carbocycles. The predicted octanol–water partition coefficient (Wildman–Crippen LogP) is -1.40. The van der Waals surface area contributed by atoms with E-state index in [0.717, 1.165) is 9.80 Å². The van der Waals surface area contributed by atoms with E-state index >= 15 is 0 Å². The fourth-order valence-electron chi connectivity index (χ4n) is 5.10. The Balaban J connectivity index is 1.86. The summed E-state index contributed by atoms with van der Waals surface area (Å²) in [5, 5.41) is 12.0. The molecule has 0 aromatic rings. The second kappa shape index (κ2) is 20.7. The van der Waals surface area contributed by atoms with Crippen molar-refractivity contribution >= 4 is 76.7 Å². The Morgan fingerprint density at radius 2 is 1.06 bits per heavy atom. The Kier molecular flexibility index (Phi) is 17.5. The van der Waals surface area contributed by atoms with E-state index in [1.165, 1.54) is 37.4 Å². The number of carbonyl (C=O) groups excluding carboxylic acids is 9. The Bertz CT molecular complexity index is 1190. The molecule has 17 nitrogen and oxygen atoms in total. The maximum absolute atomic E-state index is 12.8. The minimum atomic E-state index is -0.951. The van der Waals surface area contributed by atoms with Crippen molar-refractivity contribution in [3.05, 3.63) is 0 Å². The van der Waals surface area contributed by atoms with Crippen molar-refractivity contribution in [3.63, 3.8) is 0 Å². The first-order valence-electron chi connectivity index (χ1n) is 16.0. The van der Waals surface area contributed by atoms with E-state index in [9.17, 15) is 43.2 Å². The summed E-state index contributed by atoms with van der Waals surface area (Å²) < 4.78 is 5.19. The van der Waals surface area contributed by atoms with Crippen LogP contribution in [0.2, 0.25) is 0 Å². The van der Waals surface area contributed by atoms with Crippen molar-refractivity contribution in [3.8, 4) is 0 Å². The number of amides is 9. The van der Waals surface area contributed by atoms with Gasteiger partial charge in [-0.1, -0.05) is 0 Å². The molecule has 0 bridgehead atoms. The van der Waals surface area contributed by atoms with Crippen LogP contribution in [0.25, 0.3) is 0 Å². The van der Waals surface area contributed by atoms with Gasteiger partial charge in [-0.05, 0) is 33.3 Å². The number of ether oxygens (including phenoxy) is 1. The molecular formula is C30H47N7O10S2. The molecule has 19 heteroatoms. The number of rotatable bonds is 21. The Morgan fingerprint density at radius 1 is 0.673 bits per heavy atom. The fourth-order valence-corrected chi connectivity index (χ4v) is 6.38. The Morgan fingerprint density at radius 3 is 1.43 bits per heavy atom. The molecule has 5 N–H and O–H groups in total. The van der Waals surface area contributed by atoms with Crippen LogP contribution in [0.4, 0.5) is 0 Å². The molecule has 0 spiro atoms. The highest BCUT2D eigenvalue weighted by atomic mass is 32.2. The molecule has 0 radical (unpaired) electrons. The minimum Gasteiger partial charge on any atom is -0.381 e. The third kappa shape index (κ3) is 14.0. The number of imide groups is 2. The minimum absolute atomic E-state index is 0.00801. The zero-order chi connectivity index (χ0) is 36.7. The van der Waals surface area contributed by atoms with Crippen LogP contribution < -0.4 is 26.6 Å². The van der Waals surface area contributed by atoms with E-state index in [1.807, 2.05) is 0 Å². The van der Waals surface area contributed by atoms with Gasteiger partial charge in [-0.15, -0.1) is 0 Å². The molecule has 0 aliphatic carbocycles. The zero-order valence-corrected chi connectivity index (χ0v) is 30.1. The molecule has 2 rings (SSSR count). The number of nitrogens with zero attached hydrogens (tertiary/aromatic N) is 2. The van der Waals surface area contributed by atoms with E-state index in [4.69, 9.17) is 4.74 Å². The predicted molar refractivity (Wildman–Crippen MR) is 180 cm³/mol. The van der Waals surface area contributed by atoms with Crippen LogP contribution in [-0.4, -0.2) is 131 Å². The standard InChI is InChI=1S/C30H47N7O10S2/c1-6-47-12-9-24(40)35-19(13-25(41)33-17(2)31-22(38)7-10-36-27(43)15-20(48-4)29(36)45)14-26(42)34-18(3)32-23(39)8-11-37-28(44)16-21(49-5)30(37)46/h17-21H,6-16H2,1-5H3,(H,31,38)(H,32,39)(H,33,41)(H,34,42)(H,35,40). The van der Waals surface area contributed by atoms with Gasteiger partial charge in [0.25, 0.3) is 0 Å². The molecule has 2 aliphatic heterocycles. The first kappa shape index (κ1) is 41.5. The molecule has 4 unspecified atom stereocenters. The molecule has 0 aromatic heterocycles. The number of likely N-dealkylation sites (tertiary alicyclic amines) is 2. The van der Waals surface area contributed by atoms with Crippen LogP contribution in [0.1, 0.15) is 65.7 Å². The van der Waals surface area contributed by atoms with Gasteiger partial charge in [-0.2, -0.15) is 23.5 Å². The van der Waals surface area contributed by atoms with E-state index < -0.39 is 58.4 Å². The first-order valence-corrected chi connectivity index (χ1v) is 18.5. The summed E-state index contributed by atoms with van der Waals surface area (Å²) >= 11 is 2.55. The number of hydrogen-bond acceptors (Lipinski definition) is 12. The lowest BCUT2D eigenvalue weighted by Gasteiger charge is -2.22. The van der Waals surface area contributed by atoms with Gasteiger partial charge < -0.3 is 31.3 Å². The second-order valence-electron chi connectivity index (χ2n) is 11.5. The third-order valence-electron chi connectivity index (χ3n) is 7.52. The van der Waals surface area contributed by atoms with Gasteiger partial charge in [0.15, 0.2) is 0 Å². The lowest BCUT2D eigenvalue weighted by Crippen LogP contribution is -2.50. The molecule has 49 heavy (non-hydrogen) atoms. The maximum atomic E-state index is 12.8. The van der Waals surface area contributed by atoms with Crippen LogP contribution in [0.3, 0.4) is 0 Å². The second-order valence-corrected chi connectivity index (χ2v) is 13.5. The SMILES string of the molecule is CCOCCC(=O)NC(CC(=O)NC(C)NC(=O)CCN1C(=O)CC(SC)C1=O)CC(=O)NC(C)NC(=O)CCN1C(=O)CC(SC)C1=O. The van der Waals surface area contributed by atoms with Crippen LogP contribution in [0, 0.1) is 0 Å². The van der Waals surface area contributed by atoms with E-state index in [1.54, 1.807) is 19.4 Å². The van der Waals surface area contributed by atoms with Gasteiger partial charge >= 0.3 is 0 Å². The summed E-state index contributed by atoms with van der Waals surface area (Å²) in [6.07, 6.45) is 0.989. The summed E-state index contributed by atoms with van der Waals surface area (Å²) in [5.74, 6) is -3.97. The molecule has 2 fully saturated rings. The number of carbonyl (C=O) groups is 9. The lowest BCUT2D eigenvalue weighted by atomic mass is 10.1. The molecule has 9 amide bonds. The first-order chi connectivity index (χ1) is 23.2. The normalized spacial score (nSPS) is 19.4. The molecule has 2 aliphatic rings. The van der Waals surface area contributed by atoms with Gasteiger partial charge in [0.05, 0.1) is 29.4 Å². The fraction of sp³-hybridized carbons (Fsp3) is 0.700. The van der Waals surface area contributed by atoms with Crippen molar-refractivity contribution in [2.24, 2.45) is 0 Å². The number of thioether (sulfide) groups is 2. The quantitative estimate of drug-likeness (QED) is 0.0522. The summed E-state index contributed by atoms with van der Waals surface area (Å²) in [6.45, 7) is 5.17. The highest BCUT2D eigenvalue weighted by Gasteiger charge is 2.39. The van der Waals surface area contributed by atoms with Crippen molar-refractivity contribution in [2.75, 3.05) is 38.8 Å². The van der Waals surface area contributed by atoms with Crippen LogP contribution >= 0.6 is 23.5 Å². The number of nitrogens with one attached hydrogen (secondary N) is 5. The summed E-state index contributed by atoms with van der Waals surface area (Å²) in [7, 11) is 0. The molecule has 274 valence electrons. The van der Waals surface area contributed by atoms with Gasteiger partial charge in [-0.25, -0.2) is 0 Å². The monoisotopic (exact) mass is 729 g/mol.